The number of nitrogens with one attached hydrogen (secondary N) is 3. The average molecular weight is 332 g/mol. The van der Waals surface area contributed by atoms with Gasteiger partial charge in [-0.05, 0) is 50.9 Å². The Bertz CT molecular complexity index is 629. The molecule has 2 aliphatic rings. The van der Waals surface area contributed by atoms with Gasteiger partial charge in [0.2, 0.25) is 0 Å². The fourth-order valence-corrected chi connectivity index (χ4v) is 3.20. The highest BCUT2D eigenvalue weighted by atomic mass is 16.3. The number of nitrogens with two attached hydrogens (primary N) is 1. The average Bonchev–Trinajstić information content (AvgIpc) is 3.01. The first kappa shape index (κ1) is 16.7. The number of pyridine rings is 1. The first-order valence-electron chi connectivity index (χ1n) is 8.38. The standard InChI is InChI=1S/C16H24N6O2/c17-14(16(24)20-10-5-7-19-8-6-10)11-3-4-12(21-15(11)18)22-9-1-2-13(22)23/h3-4,10,13,17,19,23H,1-2,5-9H2,(H2,18,21)(H,20,24). The van der Waals surface area contributed by atoms with Crippen LogP contribution < -0.4 is 21.3 Å². The predicted octanol–water partition coefficient (Wildman–Crippen LogP) is -0.182. The molecule has 1 unspecified atom stereocenters. The molecule has 0 aliphatic carbocycles. The molecule has 1 aromatic rings. The SMILES string of the molecule is N=C(C(=O)NC1CCNCC1)c1ccc(N2CCCC2O)nc1N. The maximum atomic E-state index is 12.3. The first-order valence-corrected chi connectivity index (χ1v) is 8.38. The van der Waals surface area contributed by atoms with Crippen molar-refractivity contribution in [2.45, 2.75) is 38.0 Å². The monoisotopic (exact) mass is 332 g/mol. The molecule has 6 N–H and O–H groups in total. The van der Waals surface area contributed by atoms with E-state index in [1.54, 1.807) is 17.0 Å². The number of anilines is 2. The van der Waals surface area contributed by atoms with Gasteiger partial charge in [0.05, 0.1) is 0 Å². The number of rotatable bonds is 4. The zero-order valence-corrected chi connectivity index (χ0v) is 13.6. The van der Waals surface area contributed by atoms with Crippen LogP contribution in [0, 0.1) is 5.41 Å². The van der Waals surface area contributed by atoms with Crippen molar-refractivity contribution in [1.82, 2.24) is 15.6 Å². The largest absolute Gasteiger partial charge is 0.383 e. The van der Waals surface area contributed by atoms with Gasteiger partial charge in [-0.15, -0.1) is 0 Å². The van der Waals surface area contributed by atoms with Crippen molar-refractivity contribution < 1.29 is 9.90 Å². The molecule has 0 aromatic carbocycles. The Balaban J connectivity index is 1.69. The second-order valence-corrected chi connectivity index (χ2v) is 6.29. The first-order chi connectivity index (χ1) is 11.6. The van der Waals surface area contributed by atoms with Crippen LogP contribution in [0.3, 0.4) is 0 Å². The van der Waals surface area contributed by atoms with Crippen LogP contribution in [0.4, 0.5) is 11.6 Å². The van der Waals surface area contributed by atoms with Crippen LogP contribution >= 0.6 is 0 Å². The second kappa shape index (κ2) is 7.14. The molecular formula is C16H24N6O2. The Labute approximate surface area is 140 Å². The van der Waals surface area contributed by atoms with Crippen molar-refractivity contribution in [3.05, 3.63) is 17.7 Å². The van der Waals surface area contributed by atoms with Crippen LogP contribution in [0.5, 0.6) is 0 Å². The normalized spacial score (nSPS) is 21.7. The van der Waals surface area contributed by atoms with Crippen molar-refractivity contribution in [3.8, 4) is 0 Å². The van der Waals surface area contributed by atoms with Crippen LogP contribution in [0.1, 0.15) is 31.2 Å². The smallest absolute Gasteiger partial charge is 0.270 e. The van der Waals surface area contributed by atoms with Gasteiger partial charge in [0.15, 0.2) is 0 Å². The molecule has 3 heterocycles. The number of aliphatic hydroxyl groups excluding tert-OH is 1. The summed E-state index contributed by atoms with van der Waals surface area (Å²) < 4.78 is 0. The Morgan fingerprint density at radius 2 is 2.12 bits per heavy atom. The molecule has 0 bridgehead atoms. The molecule has 2 aliphatic heterocycles. The summed E-state index contributed by atoms with van der Waals surface area (Å²) >= 11 is 0. The summed E-state index contributed by atoms with van der Waals surface area (Å²) in [6.07, 6.45) is 2.78. The summed E-state index contributed by atoms with van der Waals surface area (Å²) in [7, 11) is 0. The van der Waals surface area contributed by atoms with E-state index in [2.05, 4.69) is 15.6 Å². The van der Waals surface area contributed by atoms with Crippen LogP contribution in [-0.2, 0) is 4.79 Å². The zero-order valence-electron chi connectivity index (χ0n) is 13.6. The van der Waals surface area contributed by atoms with Crippen LogP contribution in [-0.4, -0.2) is 53.6 Å². The number of amides is 1. The lowest BCUT2D eigenvalue weighted by Gasteiger charge is -2.24. The molecule has 8 heteroatoms. The maximum absolute atomic E-state index is 12.3. The molecule has 0 spiro atoms. The molecule has 8 nitrogen and oxygen atoms in total. The highest BCUT2D eigenvalue weighted by molar-refractivity contribution is 6.45. The van der Waals surface area contributed by atoms with Crippen molar-refractivity contribution >= 4 is 23.3 Å². The fraction of sp³-hybridized carbons (Fsp3) is 0.562. The number of nitrogens with zero attached hydrogens (tertiary/aromatic N) is 2. The van der Waals surface area contributed by atoms with Crippen molar-refractivity contribution in [2.75, 3.05) is 30.3 Å². The third kappa shape index (κ3) is 3.49. The number of aromatic nitrogens is 1. The minimum atomic E-state index is -0.551. The van der Waals surface area contributed by atoms with E-state index in [9.17, 15) is 9.90 Å². The van der Waals surface area contributed by atoms with E-state index in [0.717, 1.165) is 38.9 Å². The maximum Gasteiger partial charge on any atom is 0.270 e. The van der Waals surface area contributed by atoms with Crippen LogP contribution in [0.2, 0.25) is 0 Å². The second-order valence-electron chi connectivity index (χ2n) is 6.29. The number of nitrogen functional groups attached to an aromatic ring is 1. The van der Waals surface area contributed by atoms with Gasteiger partial charge in [0, 0.05) is 18.2 Å². The topological polar surface area (TPSA) is 127 Å². The van der Waals surface area contributed by atoms with Gasteiger partial charge in [-0.25, -0.2) is 4.98 Å². The summed E-state index contributed by atoms with van der Waals surface area (Å²) in [6, 6.07) is 3.42. The van der Waals surface area contributed by atoms with Gasteiger partial charge in [0.1, 0.15) is 23.6 Å². The Morgan fingerprint density at radius 1 is 1.38 bits per heavy atom. The molecule has 1 atom stereocenters. The summed E-state index contributed by atoms with van der Waals surface area (Å²) in [5.41, 5.74) is 6.10. The number of piperidine rings is 1. The lowest BCUT2D eigenvalue weighted by molar-refractivity contribution is -0.115. The number of hydrogen-bond acceptors (Lipinski definition) is 7. The lowest BCUT2D eigenvalue weighted by Crippen LogP contribution is -2.45. The van der Waals surface area contributed by atoms with Gasteiger partial charge in [-0.3, -0.25) is 10.2 Å². The molecule has 2 saturated heterocycles. The molecule has 1 aromatic heterocycles. The quantitative estimate of drug-likeness (QED) is 0.487. The van der Waals surface area contributed by atoms with Gasteiger partial charge in [0.25, 0.3) is 5.91 Å². The number of carbonyl (C=O) groups is 1. The highest BCUT2D eigenvalue weighted by Gasteiger charge is 2.25. The molecular weight excluding hydrogens is 308 g/mol. The zero-order chi connectivity index (χ0) is 17.1. The van der Waals surface area contributed by atoms with Crippen molar-refractivity contribution in [1.29, 1.82) is 5.41 Å². The van der Waals surface area contributed by atoms with Gasteiger partial charge < -0.3 is 26.4 Å². The Hall–Kier alpha value is -2.19. The van der Waals surface area contributed by atoms with E-state index >= 15 is 0 Å². The van der Waals surface area contributed by atoms with Crippen LogP contribution in [0.25, 0.3) is 0 Å². The molecule has 2 fully saturated rings. The summed E-state index contributed by atoms with van der Waals surface area (Å²) in [6.45, 7) is 2.46. The number of aliphatic hydroxyl groups is 1. The van der Waals surface area contributed by atoms with Crippen molar-refractivity contribution in [3.63, 3.8) is 0 Å². The Kier molecular flexibility index (Phi) is 4.96. The lowest BCUT2D eigenvalue weighted by atomic mass is 10.1. The molecule has 0 saturated carbocycles. The van der Waals surface area contributed by atoms with Gasteiger partial charge >= 0.3 is 0 Å². The summed E-state index contributed by atoms with van der Waals surface area (Å²) in [5.74, 6) is 0.286. The molecule has 130 valence electrons. The number of carbonyl (C=O) groups excluding carboxylic acids is 1. The van der Waals surface area contributed by atoms with Gasteiger partial charge in [-0.2, -0.15) is 0 Å². The minimum Gasteiger partial charge on any atom is -0.383 e. The summed E-state index contributed by atoms with van der Waals surface area (Å²) in [5, 5.41) is 24.1. The van der Waals surface area contributed by atoms with E-state index < -0.39 is 12.1 Å². The van der Waals surface area contributed by atoms with E-state index in [1.807, 2.05) is 0 Å². The van der Waals surface area contributed by atoms with E-state index in [4.69, 9.17) is 11.1 Å². The fourth-order valence-electron chi connectivity index (χ4n) is 3.20. The Morgan fingerprint density at radius 3 is 2.75 bits per heavy atom. The van der Waals surface area contributed by atoms with E-state index in [0.29, 0.717) is 17.8 Å². The molecule has 3 rings (SSSR count). The van der Waals surface area contributed by atoms with Crippen LogP contribution in [0.15, 0.2) is 12.1 Å². The molecule has 24 heavy (non-hydrogen) atoms. The molecule has 1 amide bonds. The molecule has 0 radical (unpaired) electrons. The minimum absolute atomic E-state index is 0.0901. The predicted molar refractivity (Wildman–Crippen MR) is 92.1 cm³/mol. The van der Waals surface area contributed by atoms with Crippen molar-refractivity contribution in [2.24, 2.45) is 0 Å². The highest BCUT2D eigenvalue weighted by Crippen LogP contribution is 2.24. The number of hydrogen-bond donors (Lipinski definition) is 5. The third-order valence-corrected chi connectivity index (χ3v) is 4.60. The summed E-state index contributed by atoms with van der Waals surface area (Å²) in [4.78, 5) is 18.3. The van der Waals surface area contributed by atoms with Gasteiger partial charge in [-0.1, -0.05) is 0 Å². The third-order valence-electron chi connectivity index (χ3n) is 4.60. The van der Waals surface area contributed by atoms with E-state index in [1.165, 1.54) is 0 Å². The van der Waals surface area contributed by atoms with E-state index in [-0.39, 0.29) is 17.6 Å².